The first-order valence-electron chi connectivity index (χ1n) is 8.87. The van der Waals surface area contributed by atoms with E-state index in [0.29, 0.717) is 6.42 Å². The zero-order chi connectivity index (χ0) is 16.6. The Balaban J connectivity index is 1.82. The summed E-state index contributed by atoms with van der Waals surface area (Å²) in [5, 5.41) is 0. The molecule has 2 aromatic rings. The molecule has 2 aromatic carbocycles. The number of aldehydes is 1. The monoisotopic (exact) mass is 319 g/mol. The van der Waals surface area contributed by atoms with Gasteiger partial charge in [-0.2, -0.15) is 0 Å². The lowest BCUT2D eigenvalue weighted by atomic mass is 9.88. The van der Waals surface area contributed by atoms with Crippen molar-refractivity contribution in [3.63, 3.8) is 0 Å². The van der Waals surface area contributed by atoms with E-state index in [1.165, 1.54) is 16.7 Å². The van der Waals surface area contributed by atoms with Crippen LogP contribution in [0.4, 0.5) is 0 Å². The first-order valence-corrected chi connectivity index (χ1v) is 8.87. The minimum Gasteiger partial charge on any atom is -0.303 e. The van der Waals surface area contributed by atoms with Crippen LogP contribution in [-0.2, 0) is 4.79 Å². The molecule has 0 saturated carbocycles. The number of likely N-dealkylation sites (tertiary alicyclic amines) is 1. The number of carbonyl (C=O) groups is 1. The Bertz CT molecular complexity index is 624. The molecule has 0 spiro atoms. The molecule has 0 amide bonds. The van der Waals surface area contributed by atoms with Gasteiger partial charge >= 0.3 is 0 Å². The molecule has 24 heavy (non-hydrogen) atoms. The molecule has 0 unspecified atom stereocenters. The summed E-state index contributed by atoms with van der Waals surface area (Å²) in [4.78, 5) is 13.0. The first kappa shape index (κ1) is 16.7. The molecule has 1 aliphatic heterocycles. The number of benzene rings is 2. The summed E-state index contributed by atoms with van der Waals surface area (Å²) < 4.78 is 0. The topological polar surface area (TPSA) is 20.3 Å². The van der Waals surface area contributed by atoms with E-state index in [-0.39, 0.29) is 0 Å². The summed E-state index contributed by atoms with van der Waals surface area (Å²) in [6.07, 6.45) is 4.91. The molecule has 0 radical (unpaired) electrons. The second-order valence-electron chi connectivity index (χ2n) is 6.36. The summed E-state index contributed by atoms with van der Waals surface area (Å²) in [5.74, 6) is 0. The number of hydrogen-bond donors (Lipinski definition) is 0. The number of nitrogens with zero attached hydrogens (tertiary/aromatic N) is 1. The van der Waals surface area contributed by atoms with Crippen LogP contribution in [0.1, 0.15) is 36.8 Å². The molecule has 124 valence electrons. The molecule has 1 aliphatic rings. The molecule has 0 bridgehead atoms. The standard InChI is InChI=1S/C22H25NO/c24-18-8-7-15-23-16-13-21(14-17-23)22(19-9-3-1-4-10-19)20-11-5-2-6-12-20/h1-6,9-12,18H,7-8,13-17H2. The lowest BCUT2D eigenvalue weighted by Gasteiger charge is -2.30. The summed E-state index contributed by atoms with van der Waals surface area (Å²) in [7, 11) is 0. The van der Waals surface area contributed by atoms with Gasteiger partial charge in [0, 0.05) is 19.5 Å². The van der Waals surface area contributed by atoms with Gasteiger partial charge in [0.15, 0.2) is 0 Å². The van der Waals surface area contributed by atoms with Crippen LogP contribution in [0, 0.1) is 0 Å². The van der Waals surface area contributed by atoms with Crippen molar-refractivity contribution >= 4 is 11.9 Å². The SMILES string of the molecule is O=CCCCN1CCC(=C(c2ccccc2)c2ccccc2)CC1. The zero-order valence-electron chi connectivity index (χ0n) is 14.2. The maximum Gasteiger partial charge on any atom is 0.120 e. The van der Waals surface area contributed by atoms with Gasteiger partial charge < -0.3 is 9.69 Å². The minimum absolute atomic E-state index is 0.679. The third-order valence-electron chi connectivity index (χ3n) is 4.73. The van der Waals surface area contributed by atoms with Crippen molar-refractivity contribution in [1.82, 2.24) is 4.90 Å². The van der Waals surface area contributed by atoms with Crippen LogP contribution in [-0.4, -0.2) is 30.8 Å². The van der Waals surface area contributed by atoms with Crippen LogP contribution in [0.5, 0.6) is 0 Å². The van der Waals surface area contributed by atoms with E-state index in [1.54, 1.807) is 5.57 Å². The molecule has 1 saturated heterocycles. The number of hydrogen-bond acceptors (Lipinski definition) is 2. The molecule has 3 rings (SSSR count). The van der Waals surface area contributed by atoms with E-state index in [0.717, 1.165) is 45.2 Å². The fraction of sp³-hybridized carbons (Fsp3) is 0.318. The van der Waals surface area contributed by atoms with Gasteiger partial charge in [0.25, 0.3) is 0 Å². The average Bonchev–Trinajstić information content (AvgIpc) is 2.65. The highest BCUT2D eigenvalue weighted by molar-refractivity contribution is 5.82. The summed E-state index contributed by atoms with van der Waals surface area (Å²) in [5.41, 5.74) is 5.59. The second kappa shape index (κ2) is 8.60. The van der Waals surface area contributed by atoms with E-state index in [2.05, 4.69) is 65.6 Å². The Labute approximate surface area is 144 Å². The van der Waals surface area contributed by atoms with Crippen molar-refractivity contribution in [3.05, 3.63) is 77.4 Å². The fourth-order valence-corrected chi connectivity index (χ4v) is 3.48. The maximum atomic E-state index is 10.5. The van der Waals surface area contributed by atoms with Crippen molar-refractivity contribution in [3.8, 4) is 0 Å². The van der Waals surface area contributed by atoms with Crippen LogP contribution < -0.4 is 0 Å². The summed E-state index contributed by atoms with van der Waals surface area (Å²) in [6, 6.07) is 21.5. The van der Waals surface area contributed by atoms with Crippen molar-refractivity contribution in [2.75, 3.05) is 19.6 Å². The Kier molecular flexibility index (Phi) is 5.97. The first-order chi connectivity index (χ1) is 11.9. The molecule has 2 heteroatoms. The third kappa shape index (κ3) is 4.21. The number of piperidine rings is 1. The van der Waals surface area contributed by atoms with Gasteiger partial charge in [-0.15, -0.1) is 0 Å². The lowest BCUT2D eigenvalue weighted by molar-refractivity contribution is -0.108. The number of carbonyl (C=O) groups excluding carboxylic acids is 1. The molecular formula is C22H25NO. The van der Waals surface area contributed by atoms with Crippen LogP contribution in [0.15, 0.2) is 66.2 Å². The van der Waals surface area contributed by atoms with Crippen molar-refractivity contribution in [2.24, 2.45) is 0 Å². The van der Waals surface area contributed by atoms with Crippen molar-refractivity contribution < 1.29 is 4.79 Å². The highest BCUT2D eigenvalue weighted by Gasteiger charge is 2.18. The van der Waals surface area contributed by atoms with Crippen LogP contribution in [0.3, 0.4) is 0 Å². The fourth-order valence-electron chi connectivity index (χ4n) is 3.48. The molecule has 1 fully saturated rings. The third-order valence-corrected chi connectivity index (χ3v) is 4.73. The maximum absolute atomic E-state index is 10.5. The van der Waals surface area contributed by atoms with E-state index in [9.17, 15) is 4.79 Å². The van der Waals surface area contributed by atoms with Crippen LogP contribution in [0.2, 0.25) is 0 Å². The molecule has 0 N–H and O–H groups in total. The van der Waals surface area contributed by atoms with Crippen molar-refractivity contribution in [1.29, 1.82) is 0 Å². The number of unbranched alkanes of at least 4 members (excludes halogenated alkanes) is 1. The van der Waals surface area contributed by atoms with E-state index in [1.807, 2.05) is 0 Å². The Hall–Kier alpha value is -2.19. The largest absolute Gasteiger partial charge is 0.303 e. The van der Waals surface area contributed by atoms with Gasteiger partial charge in [-0.05, 0) is 42.5 Å². The van der Waals surface area contributed by atoms with Crippen molar-refractivity contribution in [2.45, 2.75) is 25.7 Å². The van der Waals surface area contributed by atoms with Crippen LogP contribution >= 0.6 is 0 Å². The molecule has 0 aromatic heterocycles. The van der Waals surface area contributed by atoms with Crippen LogP contribution in [0.25, 0.3) is 5.57 Å². The second-order valence-corrected chi connectivity index (χ2v) is 6.36. The summed E-state index contributed by atoms with van der Waals surface area (Å²) in [6.45, 7) is 3.23. The predicted molar refractivity (Wildman–Crippen MR) is 99.9 cm³/mol. The molecule has 2 nitrogen and oxygen atoms in total. The van der Waals surface area contributed by atoms with E-state index in [4.69, 9.17) is 0 Å². The van der Waals surface area contributed by atoms with Gasteiger partial charge in [-0.25, -0.2) is 0 Å². The quantitative estimate of drug-likeness (QED) is 0.574. The highest BCUT2D eigenvalue weighted by atomic mass is 16.1. The summed E-state index contributed by atoms with van der Waals surface area (Å²) >= 11 is 0. The van der Waals surface area contributed by atoms with Gasteiger partial charge in [0.2, 0.25) is 0 Å². The highest BCUT2D eigenvalue weighted by Crippen LogP contribution is 2.32. The molecular weight excluding hydrogens is 294 g/mol. The Morgan fingerprint density at radius 1 is 0.875 bits per heavy atom. The minimum atomic E-state index is 0.679. The van der Waals surface area contributed by atoms with E-state index >= 15 is 0 Å². The van der Waals surface area contributed by atoms with Gasteiger partial charge in [0.05, 0.1) is 0 Å². The van der Waals surface area contributed by atoms with Gasteiger partial charge in [0.1, 0.15) is 6.29 Å². The van der Waals surface area contributed by atoms with E-state index < -0.39 is 0 Å². The predicted octanol–water partition coefficient (Wildman–Crippen LogP) is 4.56. The normalized spacial score (nSPS) is 15.2. The van der Waals surface area contributed by atoms with Gasteiger partial charge in [-0.1, -0.05) is 66.2 Å². The molecule has 1 heterocycles. The van der Waals surface area contributed by atoms with Gasteiger partial charge in [-0.3, -0.25) is 0 Å². The Morgan fingerprint density at radius 3 is 1.92 bits per heavy atom. The smallest absolute Gasteiger partial charge is 0.120 e. The lowest BCUT2D eigenvalue weighted by Crippen LogP contribution is -2.32. The Morgan fingerprint density at radius 2 is 1.42 bits per heavy atom. The number of rotatable bonds is 6. The average molecular weight is 319 g/mol. The molecule has 0 atom stereocenters. The zero-order valence-corrected chi connectivity index (χ0v) is 14.2. The molecule has 0 aliphatic carbocycles.